The van der Waals surface area contributed by atoms with Gasteiger partial charge in [0.1, 0.15) is 12.7 Å². The van der Waals surface area contributed by atoms with E-state index in [1.54, 1.807) is 11.0 Å². The fourth-order valence-corrected chi connectivity index (χ4v) is 3.16. The molecule has 116 valence electrons. The van der Waals surface area contributed by atoms with Crippen LogP contribution in [-0.4, -0.2) is 26.7 Å². The second-order valence-electron chi connectivity index (χ2n) is 5.94. The minimum Gasteiger partial charge on any atom is -0.353 e. The van der Waals surface area contributed by atoms with Crippen molar-refractivity contribution in [2.45, 2.75) is 50.6 Å². The van der Waals surface area contributed by atoms with Gasteiger partial charge in [-0.1, -0.05) is 30.3 Å². The van der Waals surface area contributed by atoms with Crippen LogP contribution in [0.4, 0.5) is 0 Å². The van der Waals surface area contributed by atoms with Gasteiger partial charge in [-0.25, -0.2) is 4.98 Å². The lowest BCUT2D eigenvalue weighted by atomic mass is 9.82. The van der Waals surface area contributed by atoms with Crippen LogP contribution in [0, 0.1) is 0 Å². The Labute approximate surface area is 130 Å². The first-order valence-corrected chi connectivity index (χ1v) is 7.98. The van der Waals surface area contributed by atoms with Crippen LogP contribution in [0.25, 0.3) is 0 Å². The smallest absolute Gasteiger partial charge is 0.222 e. The summed E-state index contributed by atoms with van der Waals surface area (Å²) in [6.07, 6.45) is 8.02. The summed E-state index contributed by atoms with van der Waals surface area (Å²) >= 11 is 0. The van der Waals surface area contributed by atoms with Gasteiger partial charge in [-0.05, 0) is 37.2 Å². The molecule has 0 aliphatic heterocycles. The third-order valence-corrected chi connectivity index (χ3v) is 4.40. The Morgan fingerprint density at radius 2 is 1.95 bits per heavy atom. The molecule has 1 aliphatic rings. The number of amides is 1. The standard InChI is InChI=1S/C17H22N4O/c22-17(10-11-21-13-18-12-19-21)20-16-8-6-15(7-9-16)14-4-2-1-3-5-14/h1-5,12-13,15-16H,6-11H2,(H,20,22). The van der Waals surface area contributed by atoms with Crippen LogP contribution < -0.4 is 5.32 Å². The first kappa shape index (κ1) is 14.8. The summed E-state index contributed by atoms with van der Waals surface area (Å²) < 4.78 is 1.69. The predicted octanol–water partition coefficient (Wildman–Crippen LogP) is 2.51. The van der Waals surface area contributed by atoms with Crippen LogP contribution in [0.3, 0.4) is 0 Å². The van der Waals surface area contributed by atoms with Gasteiger partial charge in [0, 0.05) is 12.5 Å². The lowest BCUT2D eigenvalue weighted by molar-refractivity contribution is -0.122. The molecule has 0 bridgehead atoms. The normalized spacial score (nSPS) is 21.5. The highest BCUT2D eigenvalue weighted by molar-refractivity contribution is 5.76. The van der Waals surface area contributed by atoms with Crippen molar-refractivity contribution in [3.05, 3.63) is 48.5 Å². The number of carbonyl (C=O) groups is 1. The van der Waals surface area contributed by atoms with Crippen LogP contribution in [0.15, 0.2) is 43.0 Å². The van der Waals surface area contributed by atoms with E-state index in [1.165, 1.54) is 11.9 Å². The molecule has 1 N–H and O–H groups in total. The van der Waals surface area contributed by atoms with Crippen molar-refractivity contribution in [3.8, 4) is 0 Å². The predicted molar refractivity (Wildman–Crippen MR) is 84.2 cm³/mol. The molecule has 1 amide bonds. The van der Waals surface area contributed by atoms with E-state index < -0.39 is 0 Å². The highest BCUT2D eigenvalue weighted by Gasteiger charge is 2.23. The van der Waals surface area contributed by atoms with Crippen LogP contribution in [0.2, 0.25) is 0 Å². The van der Waals surface area contributed by atoms with E-state index in [2.05, 4.69) is 45.7 Å². The van der Waals surface area contributed by atoms with E-state index in [1.807, 2.05) is 0 Å². The van der Waals surface area contributed by atoms with Crippen LogP contribution in [0.1, 0.15) is 43.6 Å². The van der Waals surface area contributed by atoms with Gasteiger partial charge in [-0.2, -0.15) is 5.10 Å². The highest BCUT2D eigenvalue weighted by Crippen LogP contribution is 2.32. The van der Waals surface area contributed by atoms with Gasteiger partial charge in [0.05, 0.1) is 6.54 Å². The molecule has 0 spiro atoms. The number of rotatable bonds is 5. The van der Waals surface area contributed by atoms with Crippen molar-refractivity contribution in [3.63, 3.8) is 0 Å². The zero-order valence-corrected chi connectivity index (χ0v) is 12.7. The summed E-state index contributed by atoms with van der Waals surface area (Å²) in [6.45, 7) is 0.588. The number of hydrogen-bond acceptors (Lipinski definition) is 3. The molecule has 0 saturated heterocycles. The van der Waals surface area contributed by atoms with Gasteiger partial charge in [0.2, 0.25) is 5.91 Å². The average molecular weight is 298 g/mol. The van der Waals surface area contributed by atoms with Crippen LogP contribution >= 0.6 is 0 Å². The molecule has 1 fully saturated rings. The molecule has 5 nitrogen and oxygen atoms in total. The molecular weight excluding hydrogens is 276 g/mol. The number of carbonyl (C=O) groups excluding carboxylic acids is 1. The van der Waals surface area contributed by atoms with E-state index >= 15 is 0 Å². The molecule has 1 aliphatic carbocycles. The summed E-state index contributed by atoms with van der Waals surface area (Å²) in [7, 11) is 0. The Bertz CT molecular complexity index is 574. The molecule has 22 heavy (non-hydrogen) atoms. The lowest BCUT2D eigenvalue weighted by Gasteiger charge is -2.29. The average Bonchev–Trinajstić information content (AvgIpc) is 3.08. The summed E-state index contributed by atoms with van der Waals surface area (Å²) in [5.41, 5.74) is 1.43. The van der Waals surface area contributed by atoms with Crippen LogP contribution in [0.5, 0.6) is 0 Å². The van der Waals surface area contributed by atoms with Gasteiger partial charge in [-0.15, -0.1) is 0 Å². The van der Waals surface area contributed by atoms with Gasteiger partial charge < -0.3 is 5.32 Å². The number of hydrogen-bond donors (Lipinski definition) is 1. The molecule has 1 aromatic carbocycles. The van der Waals surface area contributed by atoms with E-state index in [4.69, 9.17) is 0 Å². The van der Waals surface area contributed by atoms with Crippen molar-refractivity contribution in [1.82, 2.24) is 20.1 Å². The summed E-state index contributed by atoms with van der Waals surface area (Å²) in [6, 6.07) is 11.0. The van der Waals surface area contributed by atoms with E-state index in [0.717, 1.165) is 25.7 Å². The molecule has 2 aromatic rings. The highest BCUT2D eigenvalue weighted by atomic mass is 16.1. The second kappa shape index (κ2) is 7.20. The molecular formula is C17H22N4O. The third kappa shape index (κ3) is 3.93. The van der Waals surface area contributed by atoms with Gasteiger partial charge >= 0.3 is 0 Å². The molecule has 1 aromatic heterocycles. The topological polar surface area (TPSA) is 59.8 Å². The number of nitrogens with zero attached hydrogens (tertiary/aromatic N) is 3. The molecule has 3 rings (SSSR count). The fraction of sp³-hybridized carbons (Fsp3) is 0.471. The summed E-state index contributed by atoms with van der Waals surface area (Å²) in [4.78, 5) is 15.9. The molecule has 0 atom stereocenters. The third-order valence-electron chi connectivity index (χ3n) is 4.40. The molecule has 1 heterocycles. The zero-order valence-electron chi connectivity index (χ0n) is 12.7. The van der Waals surface area contributed by atoms with Crippen molar-refractivity contribution in [2.24, 2.45) is 0 Å². The maximum Gasteiger partial charge on any atom is 0.222 e. The summed E-state index contributed by atoms with van der Waals surface area (Å²) in [5, 5.41) is 7.16. The first-order chi connectivity index (χ1) is 10.8. The fourth-order valence-electron chi connectivity index (χ4n) is 3.16. The Balaban J connectivity index is 1.41. The SMILES string of the molecule is O=C(CCn1cncn1)NC1CCC(c2ccccc2)CC1. The Morgan fingerprint density at radius 3 is 2.64 bits per heavy atom. The molecule has 5 heteroatoms. The van der Waals surface area contributed by atoms with Crippen molar-refractivity contribution in [2.75, 3.05) is 0 Å². The lowest BCUT2D eigenvalue weighted by Crippen LogP contribution is -2.37. The number of nitrogens with one attached hydrogen (secondary N) is 1. The summed E-state index contributed by atoms with van der Waals surface area (Å²) in [5.74, 6) is 0.753. The van der Waals surface area contributed by atoms with Crippen molar-refractivity contribution < 1.29 is 4.79 Å². The van der Waals surface area contributed by atoms with Crippen molar-refractivity contribution in [1.29, 1.82) is 0 Å². The van der Waals surface area contributed by atoms with Crippen LogP contribution in [-0.2, 0) is 11.3 Å². The first-order valence-electron chi connectivity index (χ1n) is 7.98. The van der Waals surface area contributed by atoms with Gasteiger partial charge in [0.25, 0.3) is 0 Å². The van der Waals surface area contributed by atoms with Gasteiger partial charge in [-0.3, -0.25) is 9.48 Å². The largest absolute Gasteiger partial charge is 0.353 e. The monoisotopic (exact) mass is 298 g/mol. The van der Waals surface area contributed by atoms with E-state index in [0.29, 0.717) is 24.9 Å². The Kier molecular flexibility index (Phi) is 4.83. The molecule has 0 radical (unpaired) electrons. The van der Waals surface area contributed by atoms with E-state index in [9.17, 15) is 4.79 Å². The zero-order chi connectivity index (χ0) is 15.2. The van der Waals surface area contributed by atoms with E-state index in [-0.39, 0.29) is 5.91 Å². The number of aryl methyl sites for hydroxylation is 1. The Hall–Kier alpha value is -2.17. The minimum atomic E-state index is 0.110. The maximum absolute atomic E-state index is 12.0. The number of aromatic nitrogens is 3. The minimum absolute atomic E-state index is 0.110. The second-order valence-corrected chi connectivity index (χ2v) is 5.94. The van der Waals surface area contributed by atoms with Crippen molar-refractivity contribution >= 4 is 5.91 Å². The van der Waals surface area contributed by atoms with Gasteiger partial charge in [0.15, 0.2) is 0 Å². The number of benzene rings is 1. The maximum atomic E-state index is 12.0. The molecule has 1 saturated carbocycles. The molecule has 0 unspecified atom stereocenters. The quantitative estimate of drug-likeness (QED) is 0.922. The Morgan fingerprint density at radius 1 is 1.18 bits per heavy atom.